The van der Waals surface area contributed by atoms with Crippen LogP contribution in [0.2, 0.25) is 5.02 Å². The summed E-state index contributed by atoms with van der Waals surface area (Å²) in [4.78, 5) is 5.24. The molecule has 0 radical (unpaired) electrons. The van der Waals surface area contributed by atoms with Crippen molar-refractivity contribution in [3.8, 4) is 11.5 Å². The van der Waals surface area contributed by atoms with E-state index >= 15 is 0 Å². The van der Waals surface area contributed by atoms with Gasteiger partial charge in [0.25, 0.3) is 0 Å². The molecular weight excluding hydrogens is 420 g/mol. The average Bonchev–Trinajstić information content (AvgIpc) is 2.79. The van der Waals surface area contributed by atoms with Crippen molar-refractivity contribution in [2.45, 2.75) is 59.0 Å². The predicted octanol–water partition coefficient (Wildman–Crippen LogP) is 6.42. The zero-order chi connectivity index (χ0) is 22.8. The van der Waals surface area contributed by atoms with Crippen LogP contribution in [0.3, 0.4) is 0 Å². The summed E-state index contributed by atoms with van der Waals surface area (Å²) in [7, 11) is 1.68. The van der Waals surface area contributed by atoms with Crippen molar-refractivity contribution in [1.29, 1.82) is 0 Å². The zero-order valence-corrected chi connectivity index (χ0v) is 20.9. The van der Waals surface area contributed by atoms with E-state index in [4.69, 9.17) is 21.1 Å². The largest absolute Gasteiger partial charge is 0.495 e. The third kappa shape index (κ3) is 4.72. The molecule has 1 unspecified atom stereocenters. The van der Waals surface area contributed by atoms with E-state index in [-0.39, 0.29) is 0 Å². The van der Waals surface area contributed by atoms with Crippen LogP contribution in [0.4, 0.5) is 5.69 Å². The first-order valence-electron chi connectivity index (χ1n) is 12.0. The summed E-state index contributed by atoms with van der Waals surface area (Å²) in [5, 5.41) is 0.666. The first-order valence-corrected chi connectivity index (χ1v) is 12.3. The standard InChI is InChI=1S/C27H37ClN2O2/c1-18(2)17-32-26-12-10-23(19(3)20(26)4)25-8-6-7-22-16-29(13-14-30(22)25)21-9-11-24(28)27(15-21)31-5/h9-12,15,18,22,25H,6-8,13-14,16-17H2,1-5H3/t22?,25-/m1/s1. The minimum Gasteiger partial charge on any atom is -0.495 e. The summed E-state index contributed by atoms with van der Waals surface area (Å²) < 4.78 is 11.5. The number of ether oxygens (including phenoxy) is 2. The highest BCUT2D eigenvalue weighted by Crippen LogP contribution is 2.40. The molecular formula is C27H37ClN2O2. The fourth-order valence-electron chi connectivity index (χ4n) is 5.25. The Labute approximate surface area is 198 Å². The molecule has 0 amide bonds. The van der Waals surface area contributed by atoms with Gasteiger partial charge in [-0.05, 0) is 73.9 Å². The average molecular weight is 457 g/mol. The van der Waals surface area contributed by atoms with Gasteiger partial charge in [-0.15, -0.1) is 0 Å². The SMILES string of the molecule is COc1cc(N2CCN3C(CCC[C@@H]3c3ccc(OCC(C)C)c(C)c3C)C2)ccc1Cl. The highest BCUT2D eigenvalue weighted by molar-refractivity contribution is 6.32. The minimum atomic E-state index is 0.494. The van der Waals surface area contributed by atoms with Crippen LogP contribution in [-0.2, 0) is 0 Å². The van der Waals surface area contributed by atoms with Gasteiger partial charge in [0.15, 0.2) is 0 Å². The summed E-state index contributed by atoms with van der Waals surface area (Å²) in [6.45, 7) is 12.8. The molecule has 2 aliphatic rings. The number of rotatable bonds is 6. The first kappa shape index (κ1) is 23.3. The predicted molar refractivity (Wildman–Crippen MR) is 134 cm³/mol. The molecule has 0 bridgehead atoms. The molecule has 0 aliphatic carbocycles. The van der Waals surface area contributed by atoms with Gasteiger partial charge < -0.3 is 14.4 Å². The molecule has 2 fully saturated rings. The monoisotopic (exact) mass is 456 g/mol. The second-order valence-corrected chi connectivity index (χ2v) is 10.1. The van der Waals surface area contributed by atoms with Gasteiger partial charge in [-0.25, -0.2) is 0 Å². The Kier molecular flexibility index (Phi) is 7.21. The molecule has 2 aliphatic heterocycles. The number of hydrogen-bond acceptors (Lipinski definition) is 4. The zero-order valence-electron chi connectivity index (χ0n) is 20.2. The van der Waals surface area contributed by atoms with Gasteiger partial charge in [-0.2, -0.15) is 0 Å². The summed E-state index contributed by atoms with van der Waals surface area (Å²) in [5.41, 5.74) is 5.36. The van der Waals surface area contributed by atoms with Crippen LogP contribution in [0.25, 0.3) is 0 Å². The molecule has 2 heterocycles. The molecule has 4 nitrogen and oxygen atoms in total. The molecule has 0 spiro atoms. The fraction of sp³-hybridized carbons (Fsp3) is 0.556. The van der Waals surface area contributed by atoms with E-state index in [1.54, 1.807) is 7.11 Å². The Morgan fingerprint density at radius 2 is 1.84 bits per heavy atom. The van der Waals surface area contributed by atoms with Crippen LogP contribution < -0.4 is 14.4 Å². The number of nitrogens with zero attached hydrogens (tertiary/aromatic N) is 2. The molecule has 2 aromatic carbocycles. The van der Waals surface area contributed by atoms with Gasteiger partial charge in [-0.1, -0.05) is 31.5 Å². The molecule has 174 valence electrons. The van der Waals surface area contributed by atoms with Gasteiger partial charge in [0.05, 0.1) is 18.7 Å². The number of fused-ring (bicyclic) bond motifs is 1. The fourth-order valence-corrected chi connectivity index (χ4v) is 5.45. The van der Waals surface area contributed by atoms with Gasteiger partial charge in [0.2, 0.25) is 0 Å². The van der Waals surface area contributed by atoms with E-state index in [9.17, 15) is 0 Å². The lowest BCUT2D eigenvalue weighted by atomic mass is 9.86. The van der Waals surface area contributed by atoms with Crippen LogP contribution >= 0.6 is 11.6 Å². The Morgan fingerprint density at radius 1 is 1.03 bits per heavy atom. The topological polar surface area (TPSA) is 24.9 Å². The van der Waals surface area contributed by atoms with Crippen molar-refractivity contribution >= 4 is 17.3 Å². The smallest absolute Gasteiger partial charge is 0.139 e. The molecule has 2 aromatic rings. The normalized spacial score (nSPS) is 21.5. The van der Waals surface area contributed by atoms with Gasteiger partial charge in [-0.3, -0.25) is 4.90 Å². The number of benzene rings is 2. The maximum absolute atomic E-state index is 6.25. The van der Waals surface area contributed by atoms with E-state index in [1.165, 1.54) is 41.6 Å². The summed E-state index contributed by atoms with van der Waals surface area (Å²) in [6.07, 6.45) is 3.76. The molecule has 2 saturated heterocycles. The lowest BCUT2D eigenvalue weighted by Gasteiger charge is -2.49. The highest BCUT2D eigenvalue weighted by Gasteiger charge is 2.36. The molecule has 0 saturated carbocycles. The molecule has 2 atom stereocenters. The Hall–Kier alpha value is -1.91. The Morgan fingerprint density at radius 3 is 2.59 bits per heavy atom. The number of methoxy groups -OCH3 is 1. The van der Waals surface area contributed by atoms with Crippen LogP contribution in [-0.4, -0.2) is 44.3 Å². The Bertz CT molecular complexity index is 945. The van der Waals surface area contributed by atoms with Crippen molar-refractivity contribution in [1.82, 2.24) is 4.90 Å². The molecule has 5 heteroatoms. The van der Waals surface area contributed by atoms with Crippen molar-refractivity contribution in [2.75, 3.05) is 38.3 Å². The summed E-state index contributed by atoms with van der Waals surface area (Å²) >= 11 is 6.25. The third-order valence-electron chi connectivity index (χ3n) is 7.15. The van der Waals surface area contributed by atoms with Gasteiger partial charge >= 0.3 is 0 Å². The number of anilines is 1. The van der Waals surface area contributed by atoms with E-state index < -0.39 is 0 Å². The lowest BCUT2D eigenvalue weighted by molar-refractivity contribution is 0.0712. The number of hydrogen-bond donors (Lipinski definition) is 0. The van der Waals surface area contributed by atoms with E-state index in [1.807, 2.05) is 6.07 Å². The maximum Gasteiger partial charge on any atom is 0.139 e. The van der Waals surface area contributed by atoms with E-state index in [2.05, 4.69) is 61.8 Å². The molecule has 0 N–H and O–H groups in total. The van der Waals surface area contributed by atoms with Crippen LogP contribution in [0.5, 0.6) is 11.5 Å². The number of halogens is 1. The summed E-state index contributed by atoms with van der Waals surface area (Å²) in [6, 6.07) is 11.7. The van der Waals surface area contributed by atoms with Crippen LogP contribution in [0.1, 0.15) is 55.8 Å². The minimum absolute atomic E-state index is 0.494. The molecule has 32 heavy (non-hydrogen) atoms. The first-order chi connectivity index (χ1) is 15.4. The molecule has 0 aromatic heterocycles. The van der Waals surface area contributed by atoms with Crippen molar-refractivity contribution in [3.63, 3.8) is 0 Å². The van der Waals surface area contributed by atoms with E-state index in [0.717, 1.165) is 37.7 Å². The van der Waals surface area contributed by atoms with Crippen LogP contribution in [0, 0.1) is 19.8 Å². The van der Waals surface area contributed by atoms with Crippen molar-refractivity contribution < 1.29 is 9.47 Å². The van der Waals surface area contributed by atoms with Gasteiger partial charge in [0.1, 0.15) is 11.5 Å². The second kappa shape index (κ2) is 9.93. The maximum atomic E-state index is 6.25. The second-order valence-electron chi connectivity index (χ2n) is 9.71. The summed E-state index contributed by atoms with van der Waals surface area (Å²) in [5.74, 6) is 2.32. The Balaban J connectivity index is 1.51. The van der Waals surface area contributed by atoms with Crippen molar-refractivity contribution in [3.05, 3.63) is 52.0 Å². The number of piperazine rings is 1. The van der Waals surface area contributed by atoms with Crippen LogP contribution in [0.15, 0.2) is 30.3 Å². The number of piperidine rings is 1. The quantitative estimate of drug-likeness (QED) is 0.501. The third-order valence-corrected chi connectivity index (χ3v) is 7.47. The highest BCUT2D eigenvalue weighted by atomic mass is 35.5. The van der Waals surface area contributed by atoms with Gasteiger partial charge in [0, 0.05) is 43.5 Å². The lowest BCUT2D eigenvalue weighted by Crippen LogP contribution is -2.56. The van der Waals surface area contributed by atoms with E-state index in [0.29, 0.717) is 23.0 Å². The molecule has 4 rings (SSSR count). The van der Waals surface area contributed by atoms with Crippen molar-refractivity contribution in [2.24, 2.45) is 5.92 Å².